The van der Waals surface area contributed by atoms with Gasteiger partial charge in [-0.3, -0.25) is 18.9 Å². The average molecular weight is 466 g/mol. The number of anilines is 1. The van der Waals surface area contributed by atoms with E-state index in [2.05, 4.69) is 15.0 Å². The third-order valence-electron chi connectivity index (χ3n) is 6.39. The van der Waals surface area contributed by atoms with E-state index in [4.69, 9.17) is 16.3 Å². The standard InChI is InChI=1S/C23H20ClN5O3.CH4/c24-16-11-18-17(10-15(16)23(31)28-7-3-13-2-1-6-25-20(13)28)27-22(30)19-12-26-21(29(18)19)14-4-8-32-9-5-14;/h1-2,6,10-12,14H,3-5,7-9H2,(H,27,30);1H4. The van der Waals surface area contributed by atoms with Gasteiger partial charge < -0.3 is 9.72 Å². The maximum absolute atomic E-state index is 13.4. The normalized spacial score (nSPS) is 16.2. The van der Waals surface area contributed by atoms with Crippen molar-refractivity contribution in [1.82, 2.24) is 19.4 Å². The number of rotatable bonds is 2. The van der Waals surface area contributed by atoms with Crippen LogP contribution in [0.1, 0.15) is 47.9 Å². The summed E-state index contributed by atoms with van der Waals surface area (Å²) in [6, 6.07) is 7.25. The highest BCUT2D eigenvalue weighted by Gasteiger charge is 2.29. The Morgan fingerprint density at radius 2 is 2.00 bits per heavy atom. The SMILES string of the molecule is C.O=C(c1cc2[nH]c(=O)c3cnc(C4CCOCC4)n3c2cc1Cl)N1CCc2cccnc21. The van der Waals surface area contributed by atoms with Crippen LogP contribution in [0.4, 0.5) is 5.82 Å². The Balaban J connectivity index is 0.00000228. The van der Waals surface area contributed by atoms with Crippen LogP contribution in [-0.2, 0) is 11.2 Å². The molecule has 6 rings (SSSR count). The number of hydrogen-bond donors (Lipinski definition) is 1. The largest absolute Gasteiger partial charge is 0.381 e. The molecule has 1 aromatic carbocycles. The smallest absolute Gasteiger partial charge is 0.274 e. The van der Waals surface area contributed by atoms with E-state index in [1.165, 1.54) is 0 Å². The van der Waals surface area contributed by atoms with Gasteiger partial charge in [0.05, 0.1) is 27.8 Å². The van der Waals surface area contributed by atoms with Crippen LogP contribution in [0.2, 0.25) is 5.02 Å². The molecule has 33 heavy (non-hydrogen) atoms. The fourth-order valence-electron chi connectivity index (χ4n) is 4.77. The van der Waals surface area contributed by atoms with E-state index in [0.29, 0.717) is 47.2 Å². The van der Waals surface area contributed by atoms with Gasteiger partial charge >= 0.3 is 0 Å². The maximum Gasteiger partial charge on any atom is 0.274 e. The van der Waals surface area contributed by atoms with Gasteiger partial charge in [0, 0.05) is 31.9 Å². The van der Waals surface area contributed by atoms with Gasteiger partial charge in [0.2, 0.25) is 0 Å². The van der Waals surface area contributed by atoms with Crippen molar-refractivity contribution in [1.29, 1.82) is 0 Å². The maximum atomic E-state index is 13.4. The Bertz CT molecular complexity index is 1440. The number of hydrogen-bond acceptors (Lipinski definition) is 5. The van der Waals surface area contributed by atoms with Gasteiger partial charge in [-0.2, -0.15) is 0 Å². The van der Waals surface area contributed by atoms with Gasteiger partial charge in [0.1, 0.15) is 17.2 Å². The van der Waals surface area contributed by atoms with Crippen LogP contribution < -0.4 is 10.5 Å². The molecule has 8 nitrogen and oxygen atoms in total. The summed E-state index contributed by atoms with van der Waals surface area (Å²) in [5.74, 6) is 1.45. The number of pyridine rings is 1. The Kier molecular flexibility index (Phi) is 5.42. The van der Waals surface area contributed by atoms with Gasteiger partial charge in [-0.1, -0.05) is 25.1 Å². The number of aromatic amines is 1. The van der Waals surface area contributed by atoms with E-state index < -0.39 is 0 Å². The number of ether oxygens (including phenoxy) is 1. The Hall–Kier alpha value is -3.23. The predicted molar refractivity (Wildman–Crippen MR) is 127 cm³/mol. The molecule has 1 amide bonds. The molecule has 0 aliphatic carbocycles. The van der Waals surface area contributed by atoms with Gasteiger partial charge in [-0.15, -0.1) is 0 Å². The topological polar surface area (TPSA) is 92.6 Å². The molecule has 9 heteroatoms. The number of imidazole rings is 1. The summed E-state index contributed by atoms with van der Waals surface area (Å²) < 4.78 is 7.35. The minimum Gasteiger partial charge on any atom is -0.381 e. The number of nitrogens with one attached hydrogen (secondary N) is 1. The zero-order valence-electron chi connectivity index (χ0n) is 17.2. The number of halogens is 1. The molecule has 0 atom stereocenters. The van der Waals surface area contributed by atoms with Crippen LogP contribution in [0.25, 0.3) is 16.6 Å². The molecule has 1 fully saturated rings. The lowest BCUT2D eigenvalue weighted by molar-refractivity contribution is 0.0835. The summed E-state index contributed by atoms with van der Waals surface area (Å²) in [6.07, 6.45) is 5.72. The number of H-pyrrole nitrogens is 1. The summed E-state index contributed by atoms with van der Waals surface area (Å²) in [5, 5.41) is 0.326. The van der Waals surface area contributed by atoms with Crippen LogP contribution in [0, 0.1) is 0 Å². The fourth-order valence-corrected chi connectivity index (χ4v) is 5.01. The summed E-state index contributed by atoms with van der Waals surface area (Å²) in [7, 11) is 0. The minimum absolute atomic E-state index is 0. The second-order valence-corrected chi connectivity index (χ2v) is 8.63. The lowest BCUT2D eigenvalue weighted by Crippen LogP contribution is -2.30. The summed E-state index contributed by atoms with van der Waals surface area (Å²) >= 11 is 6.64. The van der Waals surface area contributed by atoms with E-state index in [0.717, 1.165) is 36.2 Å². The number of aromatic nitrogens is 4. The summed E-state index contributed by atoms with van der Waals surface area (Å²) in [5.41, 5.74) is 2.85. The van der Waals surface area contributed by atoms with E-state index >= 15 is 0 Å². The molecule has 4 aromatic rings. The molecule has 0 bridgehead atoms. The minimum atomic E-state index is -0.253. The van der Waals surface area contributed by atoms with Crippen molar-refractivity contribution in [3.05, 3.63) is 69.0 Å². The lowest BCUT2D eigenvalue weighted by Gasteiger charge is -2.21. The highest BCUT2D eigenvalue weighted by Crippen LogP contribution is 2.32. The molecule has 170 valence electrons. The predicted octanol–water partition coefficient (Wildman–Crippen LogP) is 3.96. The number of carbonyl (C=O) groups is 1. The van der Waals surface area contributed by atoms with Crippen molar-refractivity contribution in [3.8, 4) is 0 Å². The van der Waals surface area contributed by atoms with Crippen molar-refractivity contribution in [2.45, 2.75) is 32.6 Å². The van der Waals surface area contributed by atoms with Gasteiger partial charge in [0.25, 0.3) is 11.5 Å². The van der Waals surface area contributed by atoms with Gasteiger partial charge in [-0.05, 0) is 43.0 Å². The zero-order valence-corrected chi connectivity index (χ0v) is 17.9. The molecule has 0 radical (unpaired) electrons. The first kappa shape index (κ1) is 21.6. The monoisotopic (exact) mass is 465 g/mol. The van der Waals surface area contributed by atoms with E-state index in [1.54, 1.807) is 29.4 Å². The molecule has 3 aromatic heterocycles. The Morgan fingerprint density at radius 1 is 1.18 bits per heavy atom. The fraction of sp³-hybridized carbons (Fsp3) is 0.333. The van der Waals surface area contributed by atoms with Crippen molar-refractivity contribution in [2.75, 3.05) is 24.7 Å². The van der Waals surface area contributed by atoms with Crippen molar-refractivity contribution in [3.63, 3.8) is 0 Å². The molecule has 1 saturated heterocycles. The molecular weight excluding hydrogens is 442 g/mol. The third-order valence-corrected chi connectivity index (χ3v) is 6.70. The average Bonchev–Trinajstić information content (AvgIpc) is 3.45. The quantitative estimate of drug-likeness (QED) is 0.483. The molecule has 0 spiro atoms. The molecular formula is C24H24ClN5O3. The Morgan fingerprint density at radius 3 is 2.82 bits per heavy atom. The van der Waals surface area contributed by atoms with Crippen molar-refractivity contribution >= 4 is 39.9 Å². The second-order valence-electron chi connectivity index (χ2n) is 8.22. The lowest BCUT2D eigenvalue weighted by atomic mass is 9.99. The number of carbonyl (C=O) groups excluding carboxylic acids is 1. The first-order valence-corrected chi connectivity index (χ1v) is 11.1. The van der Waals surface area contributed by atoms with Crippen LogP contribution in [0.5, 0.6) is 0 Å². The highest BCUT2D eigenvalue weighted by atomic mass is 35.5. The molecule has 1 N–H and O–H groups in total. The van der Waals surface area contributed by atoms with Crippen molar-refractivity contribution in [2.24, 2.45) is 0 Å². The first-order chi connectivity index (χ1) is 15.6. The number of amides is 1. The van der Waals surface area contributed by atoms with Gasteiger partial charge in [0.15, 0.2) is 0 Å². The highest BCUT2D eigenvalue weighted by molar-refractivity contribution is 6.35. The van der Waals surface area contributed by atoms with E-state index in [1.807, 2.05) is 16.5 Å². The van der Waals surface area contributed by atoms with Crippen LogP contribution in [0.15, 0.2) is 41.5 Å². The van der Waals surface area contributed by atoms with E-state index in [-0.39, 0.29) is 24.8 Å². The first-order valence-electron chi connectivity index (χ1n) is 10.7. The van der Waals surface area contributed by atoms with Gasteiger partial charge in [-0.25, -0.2) is 9.97 Å². The second kappa shape index (κ2) is 8.28. The van der Waals surface area contributed by atoms with Crippen LogP contribution >= 0.6 is 11.6 Å². The molecule has 0 unspecified atom stereocenters. The summed E-state index contributed by atoms with van der Waals surface area (Å²) in [6.45, 7) is 1.89. The van der Waals surface area contributed by atoms with Crippen molar-refractivity contribution < 1.29 is 9.53 Å². The molecule has 2 aliphatic rings. The number of nitrogens with zero attached hydrogens (tertiary/aromatic N) is 4. The molecule has 5 heterocycles. The third kappa shape index (κ3) is 3.41. The van der Waals surface area contributed by atoms with Crippen LogP contribution in [0.3, 0.4) is 0 Å². The number of fused-ring (bicyclic) bond motifs is 4. The number of benzene rings is 1. The zero-order chi connectivity index (χ0) is 21.8. The Labute approximate surface area is 195 Å². The van der Waals surface area contributed by atoms with Crippen LogP contribution in [-0.4, -0.2) is 45.0 Å². The van der Waals surface area contributed by atoms with E-state index in [9.17, 15) is 9.59 Å². The molecule has 2 aliphatic heterocycles. The summed E-state index contributed by atoms with van der Waals surface area (Å²) in [4.78, 5) is 39.6. The molecule has 0 saturated carbocycles.